The molecular formula is C14H13ClN2. The molecule has 1 heterocycles. The summed E-state index contributed by atoms with van der Waals surface area (Å²) in [7, 11) is 0. The second-order valence-electron chi connectivity index (χ2n) is 3.90. The third kappa shape index (κ3) is 2.12. The van der Waals surface area contributed by atoms with E-state index in [4.69, 9.17) is 5.73 Å². The molecule has 0 amide bonds. The van der Waals surface area contributed by atoms with Crippen molar-refractivity contribution >= 4 is 29.0 Å². The number of nitrogen functional groups attached to an aromatic ring is 1. The molecule has 3 rings (SSSR count). The Morgan fingerprint density at radius 1 is 0.882 bits per heavy atom. The van der Waals surface area contributed by atoms with Crippen molar-refractivity contribution in [1.82, 2.24) is 4.98 Å². The number of nitrogens with one attached hydrogen (secondary N) is 1. The van der Waals surface area contributed by atoms with E-state index in [2.05, 4.69) is 23.2 Å². The van der Waals surface area contributed by atoms with E-state index in [0.717, 1.165) is 22.3 Å². The molecule has 3 aromatic rings. The summed E-state index contributed by atoms with van der Waals surface area (Å²) in [5.74, 6) is 0. The Labute approximate surface area is 106 Å². The van der Waals surface area contributed by atoms with E-state index in [1.54, 1.807) is 0 Å². The van der Waals surface area contributed by atoms with Gasteiger partial charge in [0.25, 0.3) is 0 Å². The Balaban J connectivity index is 0.00000108. The Bertz CT molecular complexity index is 629. The average molecular weight is 245 g/mol. The molecule has 2 nitrogen and oxygen atoms in total. The fourth-order valence-corrected chi connectivity index (χ4v) is 1.92. The Morgan fingerprint density at radius 3 is 2.41 bits per heavy atom. The van der Waals surface area contributed by atoms with Crippen molar-refractivity contribution in [1.29, 1.82) is 0 Å². The molecular weight excluding hydrogens is 232 g/mol. The van der Waals surface area contributed by atoms with Crippen LogP contribution in [0.5, 0.6) is 0 Å². The Morgan fingerprint density at radius 2 is 1.65 bits per heavy atom. The number of rotatable bonds is 1. The van der Waals surface area contributed by atoms with Gasteiger partial charge in [0, 0.05) is 22.3 Å². The second-order valence-corrected chi connectivity index (χ2v) is 3.90. The monoisotopic (exact) mass is 244 g/mol. The highest BCUT2D eigenvalue weighted by atomic mass is 35.5. The lowest BCUT2D eigenvalue weighted by atomic mass is 10.1. The molecule has 0 saturated heterocycles. The van der Waals surface area contributed by atoms with Gasteiger partial charge in [0.2, 0.25) is 0 Å². The quantitative estimate of drug-likeness (QED) is 0.628. The number of H-pyrrole nitrogens is 1. The maximum Gasteiger partial charge on any atom is 0.0464 e. The standard InChI is InChI=1S/C14H12N2.ClH/c15-12-6-7-13-11(8-12)9-14(16-13)10-4-2-1-3-5-10;/h1-9,16H,15H2;1H. The number of aromatic amines is 1. The summed E-state index contributed by atoms with van der Waals surface area (Å²) in [6.07, 6.45) is 0. The van der Waals surface area contributed by atoms with Crippen molar-refractivity contribution in [2.24, 2.45) is 0 Å². The third-order valence-corrected chi connectivity index (χ3v) is 2.73. The number of halogens is 1. The summed E-state index contributed by atoms with van der Waals surface area (Å²) in [4.78, 5) is 3.38. The van der Waals surface area contributed by atoms with Crippen LogP contribution in [0.3, 0.4) is 0 Å². The van der Waals surface area contributed by atoms with Gasteiger partial charge in [-0.1, -0.05) is 30.3 Å². The molecule has 0 aliphatic heterocycles. The van der Waals surface area contributed by atoms with Crippen LogP contribution in [0.2, 0.25) is 0 Å². The van der Waals surface area contributed by atoms with Gasteiger partial charge in [-0.15, -0.1) is 12.4 Å². The zero-order valence-corrected chi connectivity index (χ0v) is 10.00. The van der Waals surface area contributed by atoms with Crippen molar-refractivity contribution in [2.45, 2.75) is 0 Å². The molecule has 2 aromatic carbocycles. The van der Waals surface area contributed by atoms with Crippen molar-refractivity contribution in [3.05, 3.63) is 54.6 Å². The van der Waals surface area contributed by atoms with Crippen LogP contribution >= 0.6 is 12.4 Å². The summed E-state index contributed by atoms with van der Waals surface area (Å²) in [6.45, 7) is 0. The van der Waals surface area contributed by atoms with Crippen LogP contribution in [0, 0.1) is 0 Å². The predicted molar refractivity (Wildman–Crippen MR) is 75.4 cm³/mol. The first kappa shape index (κ1) is 11.6. The highest BCUT2D eigenvalue weighted by Crippen LogP contribution is 2.25. The van der Waals surface area contributed by atoms with Crippen LogP contribution < -0.4 is 5.73 Å². The van der Waals surface area contributed by atoms with Crippen molar-refractivity contribution in [3.8, 4) is 11.3 Å². The van der Waals surface area contributed by atoms with E-state index < -0.39 is 0 Å². The van der Waals surface area contributed by atoms with Gasteiger partial charge in [-0.25, -0.2) is 0 Å². The SMILES string of the molecule is Cl.Nc1ccc2[nH]c(-c3ccccc3)cc2c1. The normalized spacial score (nSPS) is 10.1. The van der Waals surface area contributed by atoms with Gasteiger partial charge < -0.3 is 10.7 Å². The summed E-state index contributed by atoms with van der Waals surface area (Å²) >= 11 is 0. The smallest absolute Gasteiger partial charge is 0.0464 e. The minimum Gasteiger partial charge on any atom is -0.399 e. The van der Waals surface area contributed by atoms with E-state index in [0.29, 0.717) is 0 Å². The van der Waals surface area contributed by atoms with Crippen molar-refractivity contribution in [2.75, 3.05) is 5.73 Å². The predicted octanol–water partition coefficient (Wildman–Crippen LogP) is 3.84. The third-order valence-electron chi connectivity index (χ3n) is 2.73. The van der Waals surface area contributed by atoms with Gasteiger partial charge in [0.05, 0.1) is 0 Å². The molecule has 0 spiro atoms. The average Bonchev–Trinajstić information content (AvgIpc) is 2.73. The summed E-state index contributed by atoms with van der Waals surface area (Å²) in [5.41, 5.74) is 9.99. The minimum absolute atomic E-state index is 0. The molecule has 0 unspecified atom stereocenters. The van der Waals surface area contributed by atoms with Crippen LogP contribution in [-0.2, 0) is 0 Å². The van der Waals surface area contributed by atoms with Crippen LogP contribution in [-0.4, -0.2) is 4.98 Å². The Kier molecular flexibility index (Phi) is 3.07. The van der Waals surface area contributed by atoms with Gasteiger partial charge in [0.15, 0.2) is 0 Å². The van der Waals surface area contributed by atoms with E-state index in [-0.39, 0.29) is 12.4 Å². The molecule has 0 aliphatic rings. The number of aromatic nitrogens is 1. The summed E-state index contributed by atoms with van der Waals surface area (Å²) < 4.78 is 0. The first-order valence-corrected chi connectivity index (χ1v) is 5.26. The molecule has 0 aliphatic carbocycles. The molecule has 3 heteroatoms. The maximum absolute atomic E-state index is 5.76. The largest absolute Gasteiger partial charge is 0.399 e. The van der Waals surface area contributed by atoms with Crippen LogP contribution in [0.4, 0.5) is 5.69 Å². The van der Waals surface area contributed by atoms with E-state index >= 15 is 0 Å². The zero-order chi connectivity index (χ0) is 11.0. The van der Waals surface area contributed by atoms with Crippen LogP contribution in [0.15, 0.2) is 54.6 Å². The first-order chi connectivity index (χ1) is 7.83. The molecule has 17 heavy (non-hydrogen) atoms. The summed E-state index contributed by atoms with van der Waals surface area (Å²) in [5, 5.41) is 1.15. The lowest BCUT2D eigenvalue weighted by Crippen LogP contribution is -1.81. The topological polar surface area (TPSA) is 41.8 Å². The van der Waals surface area contributed by atoms with Gasteiger partial charge in [-0.2, -0.15) is 0 Å². The van der Waals surface area contributed by atoms with Gasteiger partial charge in [0.1, 0.15) is 0 Å². The Hall–Kier alpha value is -1.93. The van der Waals surface area contributed by atoms with Crippen molar-refractivity contribution in [3.63, 3.8) is 0 Å². The number of hydrogen-bond acceptors (Lipinski definition) is 1. The molecule has 0 saturated carbocycles. The highest BCUT2D eigenvalue weighted by Gasteiger charge is 2.02. The summed E-state index contributed by atoms with van der Waals surface area (Å²) in [6, 6.07) is 18.3. The molecule has 0 radical (unpaired) electrons. The van der Waals surface area contributed by atoms with E-state index in [1.165, 1.54) is 5.56 Å². The first-order valence-electron chi connectivity index (χ1n) is 5.26. The lowest BCUT2D eigenvalue weighted by molar-refractivity contribution is 1.45. The molecule has 86 valence electrons. The molecule has 0 fully saturated rings. The number of hydrogen-bond donors (Lipinski definition) is 2. The minimum atomic E-state index is 0. The van der Waals surface area contributed by atoms with E-state index in [9.17, 15) is 0 Å². The van der Waals surface area contributed by atoms with E-state index in [1.807, 2.05) is 36.4 Å². The lowest BCUT2D eigenvalue weighted by Gasteiger charge is -1.95. The molecule has 3 N–H and O–H groups in total. The fourth-order valence-electron chi connectivity index (χ4n) is 1.92. The number of anilines is 1. The highest BCUT2D eigenvalue weighted by molar-refractivity contribution is 5.88. The maximum atomic E-state index is 5.76. The van der Waals surface area contributed by atoms with Gasteiger partial charge >= 0.3 is 0 Å². The van der Waals surface area contributed by atoms with Crippen LogP contribution in [0.1, 0.15) is 0 Å². The molecule has 0 bridgehead atoms. The number of fused-ring (bicyclic) bond motifs is 1. The van der Waals surface area contributed by atoms with Crippen LogP contribution in [0.25, 0.3) is 22.2 Å². The van der Waals surface area contributed by atoms with Gasteiger partial charge in [-0.05, 0) is 29.8 Å². The van der Waals surface area contributed by atoms with Gasteiger partial charge in [-0.3, -0.25) is 0 Å². The van der Waals surface area contributed by atoms with Crippen molar-refractivity contribution < 1.29 is 0 Å². The number of nitrogens with two attached hydrogens (primary N) is 1. The second kappa shape index (κ2) is 4.52. The fraction of sp³-hybridized carbons (Fsp3) is 0. The molecule has 0 atom stereocenters. The zero-order valence-electron chi connectivity index (χ0n) is 9.18. The number of benzene rings is 2. The molecule has 1 aromatic heterocycles.